The molecular weight excluding hydrogens is 344 g/mol. The van der Waals surface area contributed by atoms with E-state index in [9.17, 15) is 10.1 Å². The second-order valence-electron chi connectivity index (χ2n) is 7.81. The lowest BCUT2D eigenvalue weighted by Crippen LogP contribution is -2.46. The number of amides is 1. The summed E-state index contributed by atoms with van der Waals surface area (Å²) in [5.74, 6) is 0.0212. The van der Waals surface area contributed by atoms with Gasteiger partial charge >= 0.3 is 0 Å². The van der Waals surface area contributed by atoms with Gasteiger partial charge in [0.2, 0.25) is 5.91 Å². The van der Waals surface area contributed by atoms with Crippen LogP contribution in [0.5, 0.6) is 0 Å². The number of piperidine rings is 1. The number of carbonyl (C=O) groups excluding carboxylic acids is 1. The first-order valence-corrected chi connectivity index (χ1v) is 10.6. The standard InChI is InChI=1S/C20H30N4OS/c1-14-12-15(8-10-23(14)2)24(3)11-9-19(25)22-20-17(13-21)16-6-4-5-7-18(16)26-20/h14-15H,4-12H2,1-3H3,(H,22,25)/t14-,15-/m1/s1. The van der Waals surface area contributed by atoms with E-state index in [1.807, 2.05) is 0 Å². The molecule has 1 aromatic rings. The SMILES string of the molecule is C[C@@H]1C[C@H](N(C)CCC(=O)Nc2sc3c(c2C#N)CCCC3)CCN1C. The fourth-order valence-corrected chi connectivity index (χ4v) is 5.34. The van der Waals surface area contributed by atoms with Crippen molar-refractivity contribution in [1.29, 1.82) is 5.26 Å². The summed E-state index contributed by atoms with van der Waals surface area (Å²) in [7, 11) is 4.31. The van der Waals surface area contributed by atoms with E-state index < -0.39 is 0 Å². The average Bonchev–Trinajstić information content (AvgIpc) is 2.98. The summed E-state index contributed by atoms with van der Waals surface area (Å²) in [4.78, 5) is 18.5. The summed E-state index contributed by atoms with van der Waals surface area (Å²) >= 11 is 1.60. The second-order valence-corrected chi connectivity index (χ2v) is 8.92. The topological polar surface area (TPSA) is 59.4 Å². The molecule has 1 N–H and O–H groups in total. The second kappa shape index (κ2) is 8.51. The molecule has 0 spiro atoms. The highest BCUT2D eigenvalue weighted by Crippen LogP contribution is 2.37. The molecule has 3 rings (SSSR count). The smallest absolute Gasteiger partial charge is 0.226 e. The van der Waals surface area contributed by atoms with Crippen molar-refractivity contribution in [3.8, 4) is 6.07 Å². The van der Waals surface area contributed by atoms with Gasteiger partial charge in [-0.2, -0.15) is 5.26 Å². The van der Waals surface area contributed by atoms with Crippen molar-refractivity contribution in [2.45, 2.75) is 64.0 Å². The van der Waals surface area contributed by atoms with E-state index in [-0.39, 0.29) is 5.91 Å². The van der Waals surface area contributed by atoms with Crippen LogP contribution in [0.1, 0.15) is 55.0 Å². The molecule has 2 heterocycles. The summed E-state index contributed by atoms with van der Waals surface area (Å²) in [6.07, 6.45) is 7.14. The molecule has 2 atom stereocenters. The first-order chi connectivity index (χ1) is 12.5. The quantitative estimate of drug-likeness (QED) is 0.859. The maximum atomic E-state index is 12.4. The first kappa shape index (κ1) is 19.3. The fourth-order valence-electron chi connectivity index (χ4n) is 4.09. The summed E-state index contributed by atoms with van der Waals surface area (Å²) in [5, 5.41) is 13.3. The molecule has 2 aliphatic rings. The number of thiophene rings is 1. The highest BCUT2D eigenvalue weighted by molar-refractivity contribution is 7.16. The van der Waals surface area contributed by atoms with E-state index in [4.69, 9.17) is 0 Å². The van der Waals surface area contributed by atoms with E-state index in [1.54, 1.807) is 11.3 Å². The number of likely N-dealkylation sites (tertiary alicyclic amines) is 1. The van der Waals surface area contributed by atoms with E-state index in [0.717, 1.165) is 50.2 Å². The zero-order valence-electron chi connectivity index (χ0n) is 16.2. The van der Waals surface area contributed by atoms with Crippen molar-refractivity contribution >= 4 is 22.2 Å². The van der Waals surface area contributed by atoms with Crippen LogP contribution in [-0.2, 0) is 17.6 Å². The molecule has 26 heavy (non-hydrogen) atoms. The maximum Gasteiger partial charge on any atom is 0.226 e. The molecule has 0 aromatic carbocycles. The number of nitrogens with zero attached hydrogens (tertiary/aromatic N) is 3. The van der Waals surface area contributed by atoms with Crippen LogP contribution < -0.4 is 5.32 Å². The molecule has 1 amide bonds. The minimum atomic E-state index is 0.0212. The number of aryl methyl sites for hydroxylation is 1. The zero-order valence-corrected chi connectivity index (χ0v) is 17.0. The first-order valence-electron chi connectivity index (χ1n) is 9.74. The predicted octanol–water partition coefficient (Wildman–Crippen LogP) is 3.24. The largest absolute Gasteiger partial charge is 0.317 e. The van der Waals surface area contributed by atoms with Gasteiger partial charge in [0, 0.05) is 29.9 Å². The van der Waals surface area contributed by atoms with Crippen LogP contribution in [0.4, 0.5) is 5.00 Å². The third kappa shape index (κ3) is 4.28. The Morgan fingerprint density at radius 2 is 2.19 bits per heavy atom. The number of carbonyl (C=O) groups is 1. The number of fused-ring (bicyclic) bond motifs is 1. The van der Waals surface area contributed by atoms with Crippen molar-refractivity contribution in [3.05, 3.63) is 16.0 Å². The van der Waals surface area contributed by atoms with Gasteiger partial charge in [0.1, 0.15) is 11.1 Å². The van der Waals surface area contributed by atoms with Crippen molar-refractivity contribution in [1.82, 2.24) is 9.80 Å². The number of hydrogen-bond donors (Lipinski definition) is 1. The van der Waals surface area contributed by atoms with Gasteiger partial charge in [-0.1, -0.05) is 0 Å². The van der Waals surface area contributed by atoms with Crippen LogP contribution >= 0.6 is 11.3 Å². The minimum Gasteiger partial charge on any atom is -0.317 e. The number of rotatable bonds is 5. The summed E-state index contributed by atoms with van der Waals surface area (Å²) in [5.41, 5.74) is 1.88. The van der Waals surface area contributed by atoms with Crippen LogP contribution in [0.25, 0.3) is 0 Å². The molecule has 1 aliphatic heterocycles. The number of anilines is 1. The molecule has 1 fully saturated rings. The molecule has 1 aliphatic carbocycles. The van der Waals surface area contributed by atoms with Gasteiger partial charge in [0.15, 0.2) is 0 Å². The highest BCUT2D eigenvalue weighted by Gasteiger charge is 2.26. The minimum absolute atomic E-state index is 0.0212. The monoisotopic (exact) mass is 374 g/mol. The lowest BCUT2D eigenvalue weighted by atomic mass is 9.96. The Hall–Kier alpha value is -1.42. The molecule has 1 saturated heterocycles. The Morgan fingerprint density at radius 1 is 1.42 bits per heavy atom. The molecular formula is C20H30N4OS. The van der Waals surface area contributed by atoms with Crippen molar-refractivity contribution in [3.63, 3.8) is 0 Å². The Kier molecular flexibility index (Phi) is 6.33. The lowest BCUT2D eigenvalue weighted by Gasteiger charge is -2.39. The normalized spacial score (nSPS) is 23.5. The molecule has 1 aromatic heterocycles. The Labute approximate surface area is 161 Å². The third-order valence-electron chi connectivity index (χ3n) is 6.03. The van der Waals surface area contributed by atoms with Crippen LogP contribution in [0.2, 0.25) is 0 Å². The molecule has 142 valence electrons. The summed E-state index contributed by atoms with van der Waals surface area (Å²) in [6.45, 7) is 4.16. The number of nitriles is 1. The van der Waals surface area contributed by atoms with Crippen molar-refractivity contribution in [2.24, 2.45) is 0 Å². The Balaban J connectivity index is 1.53. The van der Waals surface area contributed by atoms with E-state index in [2.05, 4.69) is 42.2 Å². The Bertz CT molecular complexity index is 693. The van der Waals surface area contributed by atoms with Gasteiger partial charge in [0.25, 0.3) is 0 Å². The van der Waals surface area contributed by atoms with Gasteiger partial charge < -0.3 is 15.1 Å². The zero-order chi connectivity index (χ0) is 18.7. The van der Waals surface area contributed by atoms with E-state index >= 15 is 0 Å². The number of hydrogen-bond acceptors (Lipinski definition) is 5. The Morgan fingerprint density at radius 3 is 2.92 bits per heavy atom. The van der Waals surface area contributed by atoms with Gasteiger partial charge in [-0.05, 0) is 71.7 Å². The summed E-state index contributed by atoms with van der Waals surface area (Å²) < 4.78 is 0. The molecule has 0 saturated carbocycles. The lowest BCUT2D eigenvalue weighted by molar-refractivity contribution is -0.116. The molecule has 5 nitrogen and oxygen atoms in total. The van der Waals surface area contributed by atoms with Crippen LogP contribution in [0, 0.1) is 11.3 Å². The molecule has 0 radical (unpaired) electrons. The number of nitrogens with one attached hydrogen (secondary N) is 1. The predicted molar refractivity (Wildman–Crippen MR) is 107 cm³/mol. The van der Waals surface area contributed by atoms with Gasteiger partial charge in [-0.25, -0.2) is 0 Å². The van der Waals surface area contributed by atoms with Crippen molar-refractivity contribution < 1.29 is 4.79 Å². The van der Waals surface area contributed by atoms with Crippen LogP contribution in [0.15, 0.2) is 0 Å². The van der Waals surface area contributed by atoms with Crippen molar-refractivity contribution in [2.75, 3.05) is 32.5 Å². The van der Waals surface area contributed by atoms with Gasteiger partial charge in [-0.15, -0.1) is 11.3 Å². The molecule has 6 heteroatoms. The highest BCUT2D eigenvalue weighted by atomic mass is 32.1. The fraction of sp³-hybridized carbons (Fsp3) is 0.700. The van der Waals surface area contributed by atoms with E-state index in [0.29, 0.717) is 24.1 Å². The van der Waals surface area contributed by atoms with Gasteiger partial charge in [-0.3, -0.25) is 4.79 Å². The maximum absolute atomic E-state index is 12.4. The molecule has 0 unspecified atom stereocenters. The third-order valence-corrected chi connectivity index (χ3v) is 7.24. The van der Waals surface area contributed by atoms with Crippen LogP contribution in [0.3, 0.4) is 0 Å². The average molecular weight is 375 g/mol. The van der Waals surface area contributed by atoms with Gasteiger partial charge in [0.05, 0.1) is 5.56 Å². The summed E-state index contributed by atoms with van der Waals surface area (Å²) in [6, 6.07) is 3.47. The molecule has 0 bridgehead atoms. The van der Waals surface area contributed by atoms with Crippen LogP contribution in [-0.4, -0.2) is 55.0 Å². The van der Waals surface area contributed by atoms with E-state index in [1.165, 1.54) is 16.9 Å².